The quantitative estimate of drug-likeness (QED) is 0.823. The molecule has 1 fully saturated rings. The molecule has 6 nitrogen and oxygen atoms in total. The van der Waals surface area contributed by atoms with Gasteiger partial charge < -0.3 is 9.80 Å². The van der Waals surface area contributed by atoms with Crippen LogP contribution in [0.1, 0.15) is 23.2 Å². The summed E-state index contributed by atoms with van der Waals surface area (Å²) in [6, 6.07) is 5.39. The molecule has 0 radical (unpaired) electrons. The van der Waals surface area contributed by atoms with Crippen LogP contribution in [0.15, 0.2) is 29.2 Å². The number of nitrogens with zero attached hydrogens (tertiary/aromatic N) is 2. The summed E-state index contributed by atoms with van der Waals surface area (Å²) in [5.41, 5.74) is 0.394. The van der Waals surface area contributed by atoms with Crippen LogP contribution in [0, 0.1) is 0 Å². The van der Waals surface area contributed by atoms with E-state index in [1.807, 2.05) is 0 Å². The van der Waals surface area contributed by atoms with Crippen molar-refractivity contribution in [2.24, 2.45) is 0 Å². The normalized spacial score (nSPS) is 18.3. The van der Waals surface area contributed by atoms with Gasteiger partial charge in [0.2, 0.25) is 5.91 Å². The average molecular weight is 324 g/mol. The number of hydrogen-bond donors (Lipinski definition) is 0. The molecule has 0 N–H and O–H groups in total. The van der Waals surface area contributed by atoms with Gasteiger partial charge in [0.1, 0.15) is 6.04 Å². The van der Waals surface area contributed by atoms with Crippen molar-refractivity contribution < 1.29 is 18.0 Å². The minimum absolute atomic E-state index is 0.0846. The summed E-state index contributed by atoms with van der Waals surface area (Å²) in [4.78, 5) is 27.9. The molecule has 1 aliphatic rings. The van der Waals surface area contributed by atoms with Gasteiger partial charge in [-0.2, -0.15) is 0 Å². The lowest BCUT2D eigenvalue weighted by Gasteiger charge is -2.26. The van der Waals surface area contributed by atoms with E-state index in [9.17, 15) is 18.0 Å². The number of amides is 2. The fourth-order valence-corrected chi connectivity index (χ4v) is 3.21. The van der Waals surface area contributed by atoms with Gasteiger partial charge in [-0.05, 0) is 37.1 Å². The van der Waals surface area contributed by atoms with Crippen LogP contribution in [-0.2, 0) is 14.6 Å². The number of carbonyl (C=O) groups excluding carboxylic acids is 2. The van der Waals surface area contributed by atoms with Gasteiger partial charge in [-0.15, -0.1) is 0 Å². The SMILES string of the molecule is CN(C)C(=O)C1CCCN1C(=O)c1ccc(S(C)(=O)=O)cc1. The zero-order valence-electron chi connectivity index (χ0n) is 12.9. The number of likely N-dealkylation sites (N-methyl/N-ethyl adjacent to an activating group) is 1. The second kappa shape index (κ2) is 6.08. The average Bonchev–Trinajstić information content (AvgIpc) is 2.94. The third-order valence-corrected chi connectivity index (χ3v) is 4.90. The van der Waals surface area contributed by atoms with Gasteiger partial charge in [0.05, 0.1) is 4.90 Å². The molecule has 7 heteroatoms. The Morgan fingerprint density at radius 1 is 1.18 bits per heavy atom. The molecular formula is C15H20N2O4S. The highest BCUT2D eigenvalue weighted by atomic mass is 32.2. The molecule has 0 bridgehead atoms. The van der Waals surface area contributed by atoms with Crippen molar-refractivity contribution in [3.8, 4) is 0 Å². The number of likely N-dealkylation sites (tertiary alicyclic amines) is 1. The Bertz CT molecular complexity index is 680. The minimum atomic E-state index is -3.29. The molecular weight excluding hydrogens is 304 g/mol. The highest BCUT2D eigenvalue weighted by Crippen LogP contribution is 2.22. The van der Waals surface area contributed by atoms with Gasteiger partial charge in [0.15, 0.2) is 9.84 Å². The zero-order chi connectivity index (χ0) is 16.5. The number of sulfone groups is 1. The molecule has 1 aliphatic heterocycles. The van der Waals surface area contributed by atoms with E-state index >= 15 is 0 Å². The van der Waals surface area contributed by atoms with Gasteiger partial charge in [-0.25, -0.2) is 8.42 Å². The number of rotatable bonds is 3. The highest BCUT2D eigenvalue weighted by molar-refractivity contribution is 7.90. The Morgan fingerprint density at radius 3 is 2.27 bits per heavy atom. The smallest absolute Gasteiger partial charge is 0.254 e. The van der Waals surface area contributed by atoms with Gasteiger partial charge in [-0.1, -0.05) is 0 Å². The molecule has 1 heterocycles. The first-order chi connectivity index (χ1) is 10.2. The summed E-state index contributed by atoms with van der Waals surface area (Å²) in [5.74, 6) is -0.323. The molecule has 2 amide bonds. The van der Waals surface area contributed by atoms with Crippen LogP contribution in [0.25, 0.3) is 0 Å². The summed E-state index contributed by atoms with van der Waals surface area (Å²) in [6.45, 7) is 0.539. The number of carbonyl (C=O) groups is 2. The van der Waals surface area contributed by atoms with E-state index in [0.717, 1.165) is 12.7 Å². The topological polar surface area (TPSA) is 74.8 Å². The monoisotopic (exact) mass is 324 g/mol. The minimum Gasteiger partial charge on any atom is -0.347 e. The molecule has 120 valence electrons. The van der Waals surface area contributed by atoms with Gasteiger partial charge in [-0.3, -0.25) is 9.59 Å². The van der Waals surface area contributed by atoms with Crippen molar-refractivity contribution >= 4 is 21.7 Å². The van der Waals surface area contributed by atoms with Crippen LogP contribution >= 0.6 is 0 Å². The van der Waals surface area contributed by atoms with Gasteiger partial charge >= 0.3 is 0 Å². The first-order valence-electron chi connectivity index (χ1n) is 7.04. The third-order valence-electron chi connectivity index (χ3n) is 3.77. The van der Waals surface area contributed by atoms with E-state index < -0.39 is 15.9 Å². The van der Waals surface area contributed by atoms with Crippen LogP contribution < -0.4 is 0 Å². The molecule has 0 aliphatic carbocycles. The Labute approximate surface area is 130 Å². The summed E-state index contributed by atoms with van der Waals surface area (Å²) in [6.07, 6.45) is 2.57. The van der Waals surface area contributed by atoms with Crippen LogP contribution in [0.5, 0.6) is 0 Å². The third kappa shape index (κ3) is 3.30. The second-order valence-corrected chi connectivity index (χ2v) is 7.70. The molecule has 22 heavy (non-hydrogen) atoms. The summed E-state index contributed by atoms with van der Waals surface area (Å²) in [5, 5.41) is 0. The fourth-order valence-electron chi connectivity index (χ4n) is 2.58. The molecule has 1 aromatic carbocycles. The second-order valence-electron chi connectivity index (χ2n) is 5.69. The van der Waals surface area contributed by atoms with Crippen molar-refractivity contribution in [2.45, 2.75) is 23.8 Å². The Morgan fingerprint density at radius 2 is 1.77 bits per heavy atom. The number of benzene rings is 1. The lowest BCUT2D eigenvalue weighted by atomic mass is 10.1. The largest absolute Gasteiger partial charge is 0.347 e. The summed E-state index contributed by atoms with van der Waals surface area (Å²) >= 11 is 0. The van der Waals surface area contributed by atoms with Crippen molar-refractivity contribution in [1.29, 1.82) is 0 Å². The Balaban J connectivity index is 2.22. The highest BCUT2D eigenvalue weighted by Gasteiger charge is 2.35. The molecule has 0 spiro atoms. The molecule has 0 aromatic heterocycles. The maximum atomic E-state index is 12.6. The van der Waals surface area contributed by atoms with Crippen LogP contribution in [0.3, 0.4) is 0 Å². The van der Waals surface area contributed by atoms with Crippen molar-refractivity contribution in [3.63, 3.8) is 0 Å². The fraction of sp³-hybridized carbons (Fsp3) is 0.467. The number of hydrogen-bond acceptors (Lipinski definition) is 4. The Kier molecular flexibility index (Phi) is 4.55. The molecule has 1 atom stereocenters. The van der Waals surface area contributed by atoms with Gasteiger partial charge in [0.25, 0.3) is 5.91 Å². The van der Waals surface area contributed by atoms with E-state index in [1.165, 1.54) is 29.2 Å². The van der Waals surface area contributed by atoms with E-state index in [4.69, 9.17) is 0 Å². The van der Waals surface area contributed by atoms with Crippen molar-refractivity contribution in [3.05, 3.63) is 29.8 Å². The van der Waals surface area contributed by atoms with E-state index in [1.54, 1.807) is 19.0 Å². The van der Waals surface area contributed by atoms with Gasteiger partial charge in [0, 0.05) is 32.5 Å². The molecule has 0 saturated carbocycles. The summed E-state index contributed by atoms with van der Waals surface area (Å²) < 4.78 is 22.9. The molecule has 1 aromatic rings. The first kappa shape index (κ1) is 16.5. The maximum absolute atomic E-state index is 12.6. The van der Waals surface area contributed by atoms with Crippen molar-refractivity contribution in [2.75, 3.05) is 26.9 Å². The lowest BCUT2D eigenvalue weighted by Crippen LogP contribution is -2.45. The molecule has 2 rings (SSSR count). The maximum Gasteiger partial charge on any atom is 0.254 e. The lowest BCUT2D eigenvalue weighted by molar-refractivity contribution is -0.132. The molecule has 1 unspecified atom stereocenters. The van der Waals surface area contributed by atoms with Crippen LogP contribution in [-0.4, -0.2) is 63.0 Å². The van der Waals surface area contributed by atoms with Crippen LogP contribution in [0.2, 0.25) is 0 Å². The van der Waals surface area contributed by atoms with E-state index in [-0.39, 0.29) is 16.7 Å². The Hall–Kier alpha value is -1.89. The van der Waals surface area contributed by atoms with E-state index in [2.05, 4.69) is 0 Å². The predicted molar refractivity (Wildman–Crippen MR) is 82.3 cm³/mol. The molecule has 1 saturated heterocycles. The van der Waals surface area contributed by atoms with Crippen molar-refractivity contribution in [1.82, 2.24) is 9.80 Å². The van der Waals surface area contributed by atoms with E-state index in [0.29, 0.717) is 18.5 Å². The standard InChI is InChI=1S/C15H20N2O4S/c1-16(2)15(19)13-5-4-10-17(13)14(18)11-6-8-12(9-7-11)22(3,20)21/h6-9,13H,4-5,10H2,1-3H3. The van der Waals surface area contributed by atoms with Crippen LogP contribution in [0.4, 0.5) is 0 Å². The predicted octanol–water partition coefficient (Wildman–Crippen LogP) is 0.783. The first-order valence-corrected chi connectivity index (χ1v) is 8.93. The summed E-state index contributed by atoms with van der Waals surface area (Å²) in [7, 11) is 0.0562. The zero-order valence-corrected chi connectivity index (χ0v) is 13.8.